The number of carbonyl (C=O) groups is 1. The second-order valence-electron chi connectivity index (χ2n) is 5.22. The summed E-state index contributed by atoms with van der Waals surface area (Å²) in [5, 5.41) is 3.25. The van der Waals surface area contributed by atoms with Gasteiger partial charge in [-0.25, -0.2) is 4.98 Å². The number of rotatable bonds is 8. The summed E-state index contributed by atoms with van der Waals surface area (Å²) in [5.41, 5.74) is 1.66. The van der Waals surface area contributed by atoms with Gasteiger partial charge in [-0.2, -0.15) is 0 Å². The fourth-order valence-corrected chi connectivity index (χ4v) is 2.13. The van der Waals surface area contributed by atoms with Gasteiger partial charge in [-0.05, 0) is 42.7 Å². The summed E-state index contributed by atoms with van der Waals surface area (Å²) in [6.07, 6.45) is 4.43. The third-order valence-corrected chi connectivity index (χ3v) is 3.60. The number of nitrogens with one attached hydrogen (secondary N) is 1. The van der Waals surface area contributed by atoms with Gasteiger partial charge in [0, 0.05) is 12.7 Å². The molecule has 0 saturated heterocycles. The van der Waals surface area contributed by atoms with Crippen LogP contribution in [-0.2, 0) is 6.42 Å². The van der Waals surface area contributed by atoms with Crippen molar-refractivity contribution in [2.75, 3.05) is 13.2 Å². The van der Waals surface area contributed by atoms with Crippen molar-refractivity contribution in [3.05, 3.63) is 58.9 Å². The van der Waals surface area contributed by atoms with E-state index in [2.05, 4.69) is 17.2 Å². The topological polar surface area (TPSA) is 51.2 Å². The van der Waals surface area contributed by atoms with Crippen molar-refractivity contribution in [2.24, 2.45) is 0 Å². The number of aromatic nitrogens is 1. The Kier molecular flexibility index (Phi) is 6.88. The SMILES string of the molecule is CCCCOc1ccc(CCNC(=O)c2ccc(Cl)nc2)cc1. The number of pyridine rings is 1. The van der Waals surface area contributed by atoms with E-state index in [1.807, 2.05) is 24.3 Å². The van der Waals surface area contributed by atoms with E-state index in [1.165, 1.54) is 6.20 Å². The quantitative estimate of drug-likeness (QED) is 0.589. The predicted octanol–water partition coefficient (Wildman–Crippen LogP) is 3.89. The van der Waals surface area contributed by atoms with Crippen LogP contribution in [-0.4, -0.2) is 24.0 Å². The lowest BCUT2D eigenvalue weighted by Gasteiger charge is -2.08. The number of hydrogen-bond donors (Lipinski definition) is 1. The van der Waals surface area contributed by atoms with Crippen molar-refractivity contribution in [3.8, 4) is 5.75 Å². The van der Waals surface area contributed by atoms with E-state index in [-0.39, 0.29) is 5.91 Å². The first-order valence-corrected chi connectivity index (χ1v) is 8.18. The number of amides is 1. The minimum absolute atomic E-state index is 0.145. The maximum Gasteiger partial charge on any atom is 0.252 e. The Morgan fingerprint density at radius 1 is 1.22 bits per heavy atom. The predicted molar refractivity (Wildman–Crippen MR) is 92.1 cm³/mol. The van der Waals surface area contributed by atoms with Crippen molar-refractivity contribution < 1.29 is 9.53 Å². The standard InChI is InChI=1S/C18H21ClN2O2/c1-2-3-12-23-16-7-4-14(5-8-16)10-11-20-18(22)15-6-9-17(19)21-13-15/h4-9,13H,2-3,10-12H2,1H3,(H,20,22). The van der Waals surface area contributed by atoms with Gasteiger partial charge in [0.2, 0.25) is 0 Å². The van der Waals surface area contributed by atoms with E-state index in [0.29, 0.717) is 17.3 Å². The molecule has 0 bridgehead atoms. The molecule has 0 atom stereocenters. The molecule has 2 rings (SSSR count). The zero-order valence-electron chi connectivity index (χ0n) is 13.2. The molecule has 1 amide bonds. The maximum absolute atomic E-state index is 11.9. The molecule has 0 unspecified atom stereocenters. The van der Waals surface area contributed by atoms with E-state index in [4.69, 9.17) is 16.3 Å². The number of carbonyl (C=O) groups excluding carboxylic acids is 1. The highest BCUT2D eigenvalue weighted by atomic mass is 35.5. The highest BCUT2D eigenvalue weighted by molar-refractivity contribution is 6.29. The van der Waals surface area contributed by atoms with Crippen LogP contribution in [0.3, 0.4) is 0 Å². The molecule has 1 heterocycles. The molecule has 5 heteroatoms. The van der Waals surface area contributed by atoms with E-state index in [9.17, 15) is 4.79 Å². The van der Waals surface area contributed by atoms with Crippen LogP contribution in [0.4, 0.5) is 0 Å². The molecular weight excluding hydrogens is 312 g/mol. The van der Waals surface area contributed by atoms with E-state index >= 15 is 0 Å². The first kappa shape index (κ1) is 17.3. The number of ether oxygens (including phenoxy) is 1. The van der Waals surface area contributed by atoms with Gasteiger partial charge in [-0.1, -0.05) is 37.1 Å². The van der Waals surface area contributed by atoms with Gasteiger partial charge in [0.25, 0.3) is 5.91 Å². The zero-order chi connectivity index (χ0) is 16.5. The minimum atomic E-state index is -0.145. The average molecular weight is 333 g/mol. The van der Waals surface area contributed by atoms with Gasteiger partial charge < -0.3 is 10.1 Å². The number of hydrogen-bond acceptors (Lipinski definition) is 3. The fourth-order valence-electron chi connectivity index (χ4n) is 2.02. The first-order valence-electron chi connectivity index (χ1n) is 7.80. The van der Waals surface area contributed by atoms with Crippen LogP contribution in [0.2, 0.25) is 5.15 Å². The van der Waals surface area contributed by atoms with Crippen molar-refractivity contribution in [2.45, 2.75) is 26.2 Å². The monoisotopic (exact) mass is 332 g/mol. The third-order valence-electron chi connectivity index (χ3n) is 3.38. The molecule has 122 valence electrons. The van der Waals surface area contributed by atoms with Crippen LogP contribution in [0.25, 0.3) is 0 Å². The molecule has 0 saturated carbocycles. The van der Waals surface area contributed by atoms with E-state index in [1.54, 1.807) is 12.1 Å². The Balaban J connectivity index is 1.75. The lowest BCUT2D eigenvalue weighted by Crippen LogP contribution is -2.25. The van der Waals surface area contributed by atoms with Gasteiger partial charge in [0.15, 0.2) is 0 Å². The number of unbranched alkanes of at least 4 members (excludes halogenated alkanes) is 1. The van der Waals surface area contributed by atoms with Crippen LogP contribution >= 0.6 is 11.6 Å². The lowest BCUT2D eigenvalue weighted by molar-refractivity contribution is 0.0954. The Hall–Kier alpha value is -2.07. The molecule has 23 heavy (non-hydrogen) atoms. The lowest BCUT2D eigenvalue weighted by atomic mass is 10.1. The molecule has 0 aliphatic rings. The van der Waals surface area contributed by atoms with E-state index < -0.39 is 0 Å². The summed E-state index contributed by atoms with van der Waals surface area (Å²) in [7, 11) is 0. The molecule has 0 spiro atoms. The Bertz CT molecular complexity index is 612. The molecule has 1 aromatic heterocycles. The van der Waals surface area contributed by atoms with Gasteiger partial charge >= 0.3 is 0 Å². The zero-order valence-corrected chi connectivity index (χ0v) is 14.0. The first-order chi connectivity index (χ1) is 11.2. The van der Waals surface area contributed by atoms with Gasteiger partial charge in [0.05, 0.1) is 12.2 Å². The van der Waals surface area contributed by atoms with E-state index in [0.717, 1.165) is 37.2 Å². The molecule has 0 aliphatic carbocycles. The molecule has 1 aromatic carbocycles. The molecule has 0 aliphatic heterocycles. The van der Waals surface area contributed by atoms with Crippen LogP contribution in [0.5, 0.6) is 5.75 Å². The summed E-state index contributed by atoms with van der Waals surface area (Å²) in [6, 6.07) is 11.3. The summed E-state index contributed by atoms with van der Waals surface area (Å²) >= 11 is 5.70. The van der Waals surface area contributed by atoms with Gasteiger partial charge in [0.1, 0.15) is 10.9 Å². The number of nitrogens with zero attached hydrogens (tertiary/aromatic N) is 1. The maximum atomic E-state index is 11.9. The smallest absolute Gasteiger partial charge is 0.252 e. The Morgan fingerprint density at radius 3 is 2.65 bits per heavy atom. The largest absolute Gasteiger partial charge is 0.494 e. The highest BCUT2D eigenvalue weighted by Crippen LogP contribution is 2.13. The highest BCUT2D eigenvalue weighted by Gasteiger charge is 2.05. The van der Waals surface area contributed by atoms with Crippen molar-refractivity contribution in [1.29, 1.82) is 0 Å². The van der Waals surface area contributed by atoms with Crippen LogP contribution < -0.4 is 10.1 Å². The summed E-state index contributed by atoms with van der Waals surface area (Å²) < 4.78 is 5.62. The summed E-state index contributed by atoms with van der Waals surface area (Å²) in [4.78, 5) is 15.8. The molecule has 0 fully saturated rings. The average Bonchev–Trinajstić information content (AvgIpc) is 2.57. The normalized spacial score (nSPS) is 10.3. The summed E-state index contributed by atoms with van der Waals surface area (Å²) in [5.74, 6) is 0.743. The molecule has 1 N–H and O–H groups in total. The van der Waals surface area contributed by atoms with Crippen LogP contribution in [0.1, 0.15) is 35.7 Å². The van der Waals surface area contributed by atoms with Crippen LogP contribution in [0.15, 0.2) is 42.6 Å². The van der Waals surface area contributed by atoms with Gasteiger partial charge in [-0.15, -0.1) is 0 Å². The Morgan fingerprint density at radius 2 is 2.00 bits per heavy atom. The van der Waals surface area contributed by atoms with Crippen molar-refractivity contribution in [3.63, 3.8) is 0 Å². The fraction of sp³-hybridized carbons (Fsp3) is 0.333. The molecule has 2 aromatic rings. The number of benzene rings is 1. The van der Waals surface area contributed by atoms with Crippen molar-refractivity contribution >= 4 is 17.5 Å². The number of halogens is 1. The van der Waals surface area contributed by atoms with Crippen molar-refractivity contribution in [1.82, 2.24) is 10.3 Å². The third kappa shape index (κ3) is 5.91. The second kappa shape index (κ2) is 9.16. The van der Waals surface area contributed by atoms with Crippen LogP contribution in [0, 0.1) is 0 Å². The molecule has 0 radical (unpaired) electrons. The second-order valence-corrected chi connectivity index (χ2v) is 5.61. The minimum Gasteiger partial charge on any atom is -0.494 e. The molecular formula is C18H21ClN2O2. The Labute approximate surface area is 141 Å². The molecule has 4 nitrogen and oxygen atoms in total. The summed E-state index contributed by atoms with van der Waals surface area (Å²) in [6.45, 7) is 3.46. The van der Waals surface area contributed by atoms with Gasteiger partial charge in [-0.3, -0.25) is 4.79 Å².